The van der Waals surface area contributed by atoms with E-state index >= 15 is 0 Å². The minimum absolute atomic E-state index is 0.0902. The van der Waals surface area contributed by atoms with Crippen LogP contribution < -0.4 is 37.2 Å². The Balaban J connectivity index is 2.74. The molecule has 0 aromatic heterocycles. The summed E-state index contributed by atoms with van der Waals surface area (Å²) < 4.78 is 0. The van der Waals surface area contributed by atoms with Gasteiger partial charge in [-0.25, -0.2) is 0 Å². The van der Waals surface area contributed by atoms with Crippen molar-refractivity contribution in [3.63, 3.8) is 0 Å². The van der Waals surface area contributed by atoms with E-state index < -0.39 is 89.6 Å². The predicted molar refractivity (Wildman–Crippen MR) is 212 cm³/mol. The van der Waals surface area contributed by atoms with Crippen LogP contribution in [0.5, 0.6) is 0 Å². The molecule has 14 heteroatoms. The molecule has 14 nitrogen and oxygen atoms in total. The maximum atomic E-state index is 14.1. The zero-order chi connectivity index (χ0) is 41.6. The van der Waals surface area contributed by atoms with Crippen LogP contribution in [0.15, 0.2) is 30.3 Å². The first-order valence-corrected chi connectivity index (χ1v) is 20.1. The molecular formula is C41H67N7O7. The maximum absolute atomic E-state index is 14.1. The van der Waals surface area contributed by atoms with Gasteiger partial charge in [0.25, 0.3) is 0 Å². The average Bonchev–Trinajstić information content (AvgIpc) is 3.16. The van der Waals surface area contributed by atoms with Crippen molar-refractivity contribution in [1.82, 2.24) is 37.2 Å². The SMILES string of the molecule is CC[C@@H](C)[C@H]1NC(=O)[C@H](Cc2ccccc2)NC(=O)[C@@H]([C@H](C)CC)NC(=O)[C@@H](C(C)C)NC(=O)[C@@H]([C@H](C)CC)NC(=O)[C@H]([C@@H](C)CC)NC(=O)[C@@H](C)NC1=O. The Hall–Kier alpha value is -4.49. The fraction of sp³-hybridized carbons (Fsp3) is 0.683. The lowest BCUT2D eigenvalue weighted by atomic mass is 9.93. The fourth-order valence-electron chi connectivity index (χ4n) is 6.29. The molecule has 308 valence electrons. The van der Waals surface area contributed by atoms with Gasteiger partial charge in [-0.15, -0.1) is 0 Å². The highest BCUT2D eigenvalue weighted by Gasteiger charge is 2.38. The van der Waals surface area contributed by atoms with Crippen LogP contribution in [0, 0.1) is 29.6 Å². The Morgan fingerprint density at radius 3 is 1.16 bits per heavy atom. The van der Waals surface area contributed by atoms with Gasteiger partial charge in [0.2, 0.25) is 41.4 Å². The number of rotatable bonds is 11. The molecule has 0 unspecified atom stereocenters. The van der Waals surface area contributed by atoms with Gasteiger partial charge in [-0.1, -0.05) is 125 Å². The number of carbonyl (C=O) groups is 7. The van der Waals surface area contributed by atoms with E-state index in [0.717, 1.165) is 5.56 Å². The highest BCUT2D eigenvalue weighted by molar-refractivity contribution is 5.98. The monoisotopic (exact) mass is 770 g/mol. The molecular weight excluding hydrogens is 702 g/mol. The summed E-state index contributed by atoms with van der Waals surface area (Å²) in [6.45, 7) is 19.7. The summed E-state index contributed by atoms with van der Waals surface area (Å²) in [5, 5.41) is 19.7. The van der Waals surface area contributed by atoms with Crippen LogP contribution in [-0.2, 0) is 40.0 Å². The number of hydrogen-bond acceptors (Lipinski definition) is 7. The van der Waals surface area contributed by atoms with Crippen molar-refractivity contribution >= 4 is 41.4 Å². The Morgan fingerprint density at radius 1 is 0.436 bits per heavy atom. The lowest BCUT2D eigenvalue weighted by Crippen LogP contribution is -2.62. The second-order valence-electron chi connectivity index (χ2n) is 15.7. The van der Waals surface area contributed by atoms with Crippen molar-refractivity contribution < 1.29 is 33.6 Å². The molecule has 1 saturated heterocycles. The standard InChI is InChI=1S/C41H67N7O7/c1-12-23(7)31-38(52)42-27(11)35(49)45-33(25(9)14-3)41(55)48-34(26(10)15-4)40(54)44-30(22(5)6)37(51)47-32(24(8)13-2)39(53)43-29(36(50)46-31)21-28-19-17-16-18-20-28/h16-20,22-27,29-34H,12-15,21H2,1-11H3,(H,42,52)(H,43,53)(H,44,54)(H,45,49)(H,46,50)(H,47,51)(H,48,55)/t23-,24-,25+,26-,27-,29+,30-,31-,32-,33+,34-/m1/s1. The van der Waals surface area contributed by atoms with Crippen molar-refractivity contribution in [3.8, 4) is 0 Å². The van der Waals surface area contributed by atoms with Crippen LogP contribution in [0.4, 0.5) is 0 Å². The first-order valence-electron chi connectivity index (χ1n) is 20.1. The molecule has 1 aliphatic rings. The summed E-state index contributed by atoms with van der Waals surface area (Å²) in [5.41, 5.74) is 0.755. The molecule has 1 aromatic carbocycles. The van der Waals surface area contributed by atoms with Gasteiger partial charge in [-0.05, 0) is 42.1 Å². The quantitative estimate of drug-likeness (QED) is 0.179. The number of benzene rings is 1. The Labute approximate surface area is 327 Å². The molecule has 0 radical (unpaired) electrons. The van der Waals surface area contributed by atoms with E-state index in [-0.39, 0.29) is 30.1 Å². The van der Waals surface area contributed by atoms with Crippen LogP contribution in [0.1, 0.15) is 107 Å². The number of amides is 7. The maximum Gasteiger partial charge on any atom is 0.243 e. The van der Waals surface area contributed by atoms with E-state index in [9.17, 15) is 33.6 Å². The van der Waals surface area contributed by atoms with Gasteiger partial charge in [0.1, 0.15) is 42.3 Å². The second-order valence-corrected chi connectivity index (χ2v) is 15.7. The first kappa shape index (κ1) is 46.7. The largest absolute Gasteiger partial charge is 0.343 e. The molecule has 0 saturated carbocycles. The molecule has 1 aromatic rings. The molecule has 1 heterocycles. The smallest absolute Gasteiger partial charge is 0.243 e. The third-order valence-corrected chi connectivity index (χ3v) is 11.1. The van der Waals surface area contributed by atoms with Crippen LogP contribution in [0.2, 0.25) is 0 Å². The van der Waals surface area contributed by atoms with Gasteiger partial charge in [0.05, 0.1) is 0 Å². The molecule has 55 heavy (non-hydrogen) atoms. The van der Waals surface area contributed by atoms with Crippen LogP contribution in [-0.4, -0.2) is 83.6 Å². The molecule has 0 spiro atoms. The zero-order valence-electron chi connectivity index (χ0n) is 34.7. The lowest BCUT2D eigenvalue weighted by Gasteiger charge is -2.32. The van der Waals surface area contributed by atoms with E-state index in [1.807, 2.05) is 71.9 Å². The minimum Gasteiger partial charge on any atom is -0.343 e. The van der Waals surface area contributed by atoms with Crippen molar-refractivity contribution in [3.05, 3.63) is 35.9 Å². The predicted octanol–water partition coefficient (Wildman–Crippen LogP) is 2.50. The molecule has 1 aliphatic heterocycles. The summed E-state index contributed by atoms with van der Waals surface area (Å²) in [4.78, 5) is 97.6. The summed E-state index contributed by atoms with van der Waals surface area (Å²) in [6, 6.07) is 1.53. The average molecular weight is 770 g/mol. The summed E-state index contributed by atoms with van der Waals surface area (Å²) in [7, 11) is 0. The van der Waals surface area contributed by atoms with Crippen molar-refractivity contribution in [2.45, 2.75) is 151 Å². The van der Waals surface area contributed by atoms with Crippen molar-refractivity contribution in [1.29, 1.82) is 0 Å². The number of carbonyl (C=O) groups excluding carboxylic acids is 7. The summed E-state index contributed by atoms with van der Waals surface area (Å²) >= 11 is 0. The minimum atomic E-state index is -1.14. The fourth-order valence-corrected chi connectivity index (χ4v) is 6.29. The van der Waals surface area contributed by atoms with E-state index in [2.05, 4.69) is 37.2 Å². The third kappa shape index (κ3) is 13.3. The molecule has 1 fully saturated rings. The highest BCUT2D eigenvalue weighted by atomic mass is 16.2. The number of nitrogens with one attached hydrogen (secondary N) is 7. The van der Waals surface area contributed by atoms with Gasteiger partial charge in [-0.3, -0.25) is 33.6 Å². The van der Waals surface area contributed by atoms with Gasteiger partial charge >= 0.3 is 0 Å². The van der Waals surface area contributed by atoms with Crippen molar-refractivity contribution in [2.24, 2.45) is 29.6 Å². The van der Waals surface area contributed by atoms with E-state index in [1.54, 1.807) is 27.7 Å². The van der Waals surface area contributed by atoms with Crippen LogP contribution in [0.3, 0.4) is 0 Å². The van der Waals surface area contributed by atoms with Crippen molar-refractivity contribution in [2.75, 3.05) is 0 Å². The van der Waals surface area contributed by atoms with E-state index in [0.29, 0.717) is 25.7 Å². The topological polar surface area (TPSA) is 204 Å². The van der Waals surface area contributed by atoms with E-state index in [1.165, 1.54) is 6.92 Å². The molecule has 0 bridgehead atoms. The Bertz CT molecular complexity index is 1470. The first-order chi connectivity index (χ1) is 25.9. The molecule has 0 aliphatic carbocycles. The summed E-state index contributed by atoms with van der Waals surface area (Å²) in [5.74, 6) is -6.06. The summed E-state index contributed by atoms with van der Waals surface area (Å²) in [6.07, 6.45) is 2.14. The second kappa shape index (κ2) is 22.2. The zero-order valence-corrected chi connectivity index (χ0v) is 34.7. The molecule has 7 amide bonds. The highest BCUT2D eigenvalue weighted by Crippen LogP contribution is 2.16. The lowest BCUT2D eigenvalue weighted by molar-refractivity contribution is -0.137. The molecule has 7 N–H and O–H groups in total. The van der Waals surface area contributed by atoms with Gasteiger partial charge < -0.3 is 37.2 Å². The molecule has 11 atom stereocenters. The Kier molecular flexibility index (Phi) is 18.8. The third-order valence-electron chi connectivity index (χ3n) is 11.1. The van der Waals surface area contributed by atoms with Gasteiger partial charge in [0.15, 0.2) is 0 Å². The Morgan fingerprint density at radius 2 is 0.764 bits per heavy atom. The van der Waals surface area contributed by atoms with Crippen LogP contribution in [0.25, 0.3) is 0 Å². The number of hydrogen-bond donors (Lipinski definition) is 7. The molecule has 2 rings (SSSR count). The van der Waals surface area contributed by atoms with E-state index in [4.69, 9.17) is 0 Å². The van der Waals surface area contributed by atoms with Crippen LogP contribution >= 0.6 is 0 Å². The van der Waals surface area contributed by atoms with Gasteiger partial charge in [0, 0.05) is 6.42 Å². The van der Waals surface area contributed by atoms with Gasteiger partial charge in [-0.2, -0.15) is 0 Å². The normalized spacial score (nSPS) is 27.8.